The number of piperidine rings is 1. The van der Waals surface area contributed by atoms with Gasteiger partial charge in [-0.15, -0.1) is 0 Å². The smallest absolute Gasteiger partial charge is 0.0212 e. The fraction of sp³-hybridized carbons (Fsp3) is 0.412. The molecule has 1 aliphatic rings. The molecule has 0 spiro atoms. The van der Waals surface area contributed by atoms with Crippen molar-refractivity contribution in [1.29, 1.82) is 0 Å². The second-order valence-electron chi connectivity index (χ2n) is 5.42. The Balaban J connectivity index is 1.62. The molecule has 0 bridgehead atoms. The van der Waals surface area contributed by atoms with Crippen LogP contribution in [-0.2, 0) is 6.54 Å². The first-order valence-corrected chi connectivity index (χ1v) is 7.34. The van der Waals surface area contributed by atoms with Crippen LogP contribution in [0.15, 0.2) is 42.5 Å². The summed E-state index contributed by atoms with van der Waals surface area (Å²) in [5, 5.41) is 9.88. The summed E-state index contributed by atoms with van der Waals surface area (Å²) in [6, 6.07) is 15.8. The molecule has 19 heavy (non-hydrogen) atoms. The fourth-order valence-corrected chi connectivity index (χ4v) is 2.93. The third kappa shape index (κ3) is 3.14. The van der Waals surface area contributed by atoms with Gasteiger partial charge in [0, 0.05) is 19.1 Å². The molecule has 1 fully saturated rings. The summed E-state index contributed by atoms with van der Waals surface area (Å²) >= 11 is 0. The highest BCUT2D eigenvalue weighted by atomic mass is 15.0. The third-order valence-electron chi connectivity index (χ3n) is 4.00. The van der Waals surface area contributed by atoms with Crippen molar-refractivity contribution in [1.82, 2.24) is 10.6 Å². The van der Waals surface area contributed by atoms with Gasteiger partial charge in [-0.2, -0.15) is 0 Å². The summed E-state index contributed by atoms with van der Waals surface area (Å²) < 4.78 is 0. The molecule has 1 unspecified atom stereocenters. The molecule has 1 saturated heterocycles. The van der Waals surface area contributed by atoms with Crippen LogP contribution < -0.4 is 10.6 Å². The van der Waals surface area contributed by atoms with Crippen molar-refractivity contribution in [2.24, 2.45) is 0 Å². The number of fused-ring (bicyclic) bond motifs is 1. The van der Waals surface area contributed by atoms with Crippen molar-refractivity contribution in [2.45, 2.75) is 31.8 Å². The van der Waals surface area contributed by atoms with Gasteiger partial charge in [0.2, 0.25) is 0 Å². The quantitative estimate of drug-likeness (QED) is 0.876. The maximum Gasteiger partial charge on any atom is 0.0212 e. The Kier molecular flexibility index (Phi) is 4.11. The average Bonchev–Trinajstić information content (AvgIpc) is 2.49. The highest BCUT2D eigenvalue weighted by Gasteiger charge is 2.11. The van der Waals surface area contributed by atoms with Crippen molar-refractivity contribution in [3.8, 4) is 0 Å². The molecule has 100 valence electrons. The van der Waals surface area contributed by atoms with E-state index in [4.69, 9.17) is 0 Å². The zero-order valence-electron chi connectivity index (χ0n) is 11.4. The number of nitrogens with one attached hydrogen (secondary N) is 2. The van der Waals surface area contributed by atoms with Crippen LogP contribution in [0, 0.1) is 0 Å². The van der Waals surface area contributed by atoms with Gasteiger partial charge >= 0.3 is 0 Å². The summed E-state index contributed by atoms with van der Waals surface area (Å²) in [5.41, 5.74) is 1.40. The molecular formula is C17H22N2. The lowest BCUT2D eigenvalue weighted by molar-refractivity contribution is 0.383. The van der Waals surface area contributed by atoms with E-state index < -0.39 is 0 Å². The maximum atomic E-state index is 3.60. The van der Waals surface area contributed by atoms with E-state index in [1.54, 1.807) is 0 Å². The first kappa shape index (κ1) is 12.6. The molecule has 2 N–H and O–H groups in total. The normalized spacial score (nSPS) is 19.7. The van der Waals surface area contributed by atoms with Crippen LogP contribution in [0.2, 0.25) is 0 Å². The van der Waals surface area contributed by atoms with Gasteiger partial charge in [-0.3, -0.25) is 0 Å². The van der Waals surface area contributed by atoms with E-state index in [0.29, 0.717) is 6.04 Å². The Morgan fingerprint density at radius 3 is 2.84 bits per heavy atom. The third-order valence-corrected chi connectivity index (χ3v) is 4.00. The van der Waals surface area contributed by atoms with Gasteiger partial charge in [0.15, 0.2) is 0 Å². The first-order chi connectivity index (χ1) is 9.43. The van der Waals surface area contributed by atoms with E-state index in [1.165, 1.54) is 42.1 Å². The molecule has 1 aliphatic heterocycles. The van der Waals surface area contributed by atoms with Crippen LogP contribution in [-0.4, -0.2) is 19.1 Å². The van der Waals surface area contributed by atoms with Gasteiger partial charge in [-0.25, -0.2) is 0 Å². The van der Waals surface area contributed by atoms with Crippen molar-refractivity contribution in [3.05, 3.63) is 48.0 Å². The number of hydrogen-bond donors (Lipinski definition) is 2. The van der Waals surface area contributed by atoms with Crippen LogP contribution in [0.4, 0.5) is 0 Å². The van der Waals surface area contributed by atoms with E-state index in [9.17, 15) is 0 Å². The zero-order chi connectivity index (χ0) is 12.9. The molecule has 0 aliphatic carbocycles. The Labute approximate surface area is 115 Å². The largest absolute Gasteiger partial charge is 0.313 e. The van der Waals surface area contributed by atoms with Gasteiger partial charge in [-0.05, 0) is 35.7 Å². The Hall–Kier alpha value is -1.38. The minimum atomic E-state index is 0.656. The molecule has 0 saturated carbocycles. The monoisotopic (exact) mass is 254 g/mol. The lowest BCUT2D eigenvalue weighted by atomic mass is 10.0. The molecule has 2 nitrogen and oxygen atoms in total. The highest BCUT2D eigenvalue weighted by molar-refractivity contribution is 5.85. The molecule has 2 aromatic carbocycles. The maximum absolute atomic E-state index is 3.60. The van der Waals surface area contributed by atoms with Crippen LogP contribution >= 0.6 is 0 Å². The van der Waals surface area contributed by atoms with Gasteiger partial charge in [0.25, 0.3) is 0 Å². The van der Waals surface area contributed by atoms with Crippen LogP contribution in [0.3, 0.4) is 0 Å². The van der Waals surface area contributed by atoms with Crippen molar-refractivity contribution < 1.29 is 0 Å². The van der Waals surface area contributed by atoms with Gasteiger partial charge < -0.3 is 10.6 Å². The minimum absolute atomic E-state index is 0.656. The van der Waals surface area contributed by atoms with Crippen molar-refractivity contribution in [3.63, 3.8) is 0 Å². The molecule has 0 radical (unpaired) electrons. The van der Waals surface area contributed by atoms with Gasteiger partial charge in [0.1, 0.15) is 0 Å². The zero-order valence-corrected chi connectivity index (χ0v) is 11.4. The lowest BCUT2D eigenvalue weighted by Gasteiger charge is -2.23. The van der Waals surface area contributed by atoms with E-state index in [0.717, 1.165) is 13.1 Å². The van der Waals surface area contributed by atoms with E-state index in [2.05, 4.69) is 53.1 Å². The lowest BCUT2D eigenvalue weighted by Crippen LogP contribution is -2.41. The SMILES string of the molecule is c1ccc2c(CNCC3CCCCN3)cccc2c1. The Bertz CT molecular complexity index is 524. The summed E-state index contributed by atoms with van der Waals surface area (Å²) in [6.07, 6.45) is 4.01. The van der Waals surface area contributed by atoms with Crippen molar-refractivity contribution in [2.75, 3.05) is 13.1 Å². The summed E-state index contributed by atoms with van der Waals surface area (Å²) in [6.45, 7) is 3.21. The van der Waals surface area contributed by atoms with E-state index >= 15 is 0 Å². The second kappa shape index (κ2) is 6.18. The van der Waals surface area contributed by atoms with Crippen LogP contribution in [0.1, 0.15) is 24.8 Å². The van der Waals surface area contributed by atoms with Crippen LogP contribution in [0.5, 0.6) is 0 Å². The first-order valence-electron chi connectivity index (χ1n) is 7.34. The Morgan fingerprint density at radius 1 is 1.05 bits per heavy atom. The van der Waals surface area contributed by atoms with E-state index in [-0.39, 0.29) is 0 Å². The topological polar surface area (TPSA) is 24.1 Å². The minimum Gasteiger partial charge on any atom is -0.313 e. The molecule has 3 rings (SSSR count). The molecule has 1 heterocycles. The predicted octanol–water partition coefficient (Wildman–Crippen LogP) is 3.07. The number of rotatable bonds is 4. The average molecular weight is 254 g/mol. The highest BCUT2D eigenvalue weighted by Crippen LogP contribution is 2.18. The number of hydrogen-bond acceptors (Lipinski definition) is 2. The van der Waals surface area contributed by atoms with Gasteiger partial charge in [-0.1, -0.05) is 48.9 Å². The predicted molar refractivity (Wildman–Crippen MR) is 81.3 cm³/mol. The molecular weight excluding hydrogens is 232 g/mol. The Morgan fingerprint density at radius 2 is 1.95 bits per heavy atom. The van der Waals surface area contributed by atoms with Crippen molar-refractivity contribution >= 4 is 10.8 Å². The molecule has 2 heteroatoms. The standard InChI is InChI=1S/C17H22N2/c1-2-10-17-14(6-1)7-5-8-15(17)12-18-13-16-9-3-4-11-19-16/h1-2,5-8,10,16,18-19H,3-4,9,11-13H2. The van der Waals surface area contributed by atoms with Gasteiger partial charge in [0.05, 0.1) is 0 Å². The number of benzene rings is 2. The second-order valence-corrected chi connectivity index (χ2v) is 5.42. The molecule has 0 aromatic heterocycles. The van der Waals surface area contributed by atoms with E-state index in [1.807, 2.05) is 0 Å². The summed E-state index contributed by atoms with van der Waals surface area (Å²) in [4.78, 5) is 0. The summed E-state index contributed by atoms with van der Waals surface area (Å²) in [5.74, 6) is 0. The molecule has 0 amide bonds. The molecule has 1 atom stereocenters. The van der Waals surface area contributed by atoms with Crippen LogP contribution in [0.25, 0.3) is 10.8 Å². The summed E-state index contributed by atoms with van der Waals surface area (Å²) in [7, 11) is 0. The fourth-order valence-electron chi connectivity index (χ4n) is 2.93. The molecule has 2 aromatic rings.